The van der Waals surface area contributed by atoms with Crippen molar-refractivity contribution in [3.8, 4) is 0 Å². The zero-order valence-electron chi connectivity index (χ0n) is 8.84. The Labute approximate surface area is 91.6 Å². The Balaban J connectivity index is 3.06. The van der Waals surface area contributed by atoms with Gasteiger partial charge in [0, 0.05) is 11.6 Å². The number of aliphatic hydroxyl groups excluding tert-OH is 1. The summed E-state index contributed by atoms with van der Waals surface area (Å²) in [5, 5.41) is 20.0. The number of hydrogen-bond donors (Lipinski definition) is 1. The van der Waals surface area contributed by atoms with Crippen LogP contribution >= 0.6 is 0 Å². The Morgan fingerprint density at radius 2 is 2.19 bits per heavy atom. The van der Waals surface area contributed by atoms with E-state index in [1.54, 1.807) is 0 Å². The van der Waals surface area contributed by atoms with Gasteiger partial charge in [-0.3, -0.25) is 10.1 Å². The first kappa shape index (κ1) is 12.1. The highest BCUT2D eigenvalue weighted by Crippen LogP contribution is 2.23. The van der Waals surface area contributed by atoms with Gasteiger partial charge >= 0.3 is 5.97 Å². The summed E-state index contributed by atoms with van der Waals surface area (Å²) < 4.78 is 4.36. The molecule has 1 N–H and O–H groups in total. The third kappa shape index (κ3) is 2.34. The summed E-state index contributed by atoms with van der Waals surface area (Å²) in [6.45, 7) is 1.53. The third-order valence-electron chi connectivity index (χ3n) is 2.16. The fourth-order valence-corrected chi connectivity index (χ4v) is 1.30. The minimum absolute atomic E-state index is 0.0548. The zero-order chi connectivity index (χ0) is 12.3. The number of nitro benzene ring substituents is 1. The highest BCUT2D eigenvalue weighted by Gasteiger charge is 2.20. The molecule has 1 rings (SSSR count). The Morgan fingerprint density at radius 1 is 1.56 bits per heavy atom. The summed E-state index contributed by atoms with van der Waals surface area (Å²) in [4.78, 5) is 21.1. The predicted molar refractivity (Wildman–Crippen MR) is 54.8 cm³/mol. The molecule has 1 atom stereocenters. The number of aryl methyl sites for hydroxylation is 1. The second kappa shape index (κ2) is 4.71. The summed E-state index contributed by atoms with van der Waals surface area (Å²) in [6.07, 6.45) is -1.41. The van der Waals surface area contributed by atoms with E-state index >= 15 is 0 Å². The Kier molecular flexibility index (Phi) is 3.57. The molecule has 0 aliphatic carbocycles. The molecule has 0 fully saturated rings. The van der Waals surface area contributed by atoms with Crippen molar-refractivity contribution in [1.29, 1.82) is 0 Å². The van der Waals surface area contributed by atoms with Crippen molar-refractivity contribution in [1.82, 2.24) is 0 Å². The van der Waals surface area contributed by atoms with Gasteiger partial charge in [-0.15, -0.1) is 0 Å². The predicted octanol–water partition coefficient (Wildman–Crippen LogP) is 1.11. The van der Waals surface area contributed by atoms with Crippen LogP contribution in [0.1, 0.15) is 17.2 Å². The van der Waals surface area contributed by atoms with E-state index in [1.165, 1.54) is 25.1 Å². The lowest BCUT2D eigenvalue weighted by molar-refractivity contribution is -0.385. The van der Waals surface area contributed by atoms with Gasteiger partial charge in [0.1, 0.15) is 0 Å². The fourth-order valence-electron chi connectivity index (χ4n) is 1.30. The largest absolute Gasteiger partial charge is 0.467 e. The van der Waals surface area contributed by atoms with Gasteiger partial charge in [-0.05, 0) is 24.6 Å². The van der Waals surface area contributed by atoms with Crippen LogP contribution in [-0.4, -0.2) is 23.1 Å². The summed E-state index contributed by atoms with van der Waals surface area (Å²) >= 11 is 0. The number of carbonyl (C=O) groups excluding carboxylic acids is 1. The lowest BCUT2D eigenvalue weighted by atomic mass is 10.1. The van der Waals surface area contributed by atoms with Crippen molar-refractivity contribution in [2.24, 2.45) is 0 Å². The Morgan fingerprint density at radius 3 is 2.62 bits per heavy atom. The number of aliphatic hydroxyl groups is 1. The van der Waals surface area contributed by atoms with Gasteiger partial charge < -0.3 is 9.84 Å². The number of nitro groups is 1. The van der Waals surface area contributed by atoms with Crippen LogP contribution in [-0.2, 0) is 9.53 Å². The van der Waals surface area contributed by atoms with Crippen LogP contribution in [0.3, 0.4) is 0 Å². The smallest absolute Gasteiger partial charge is 0.339 e. The van der Waals surface area contributed by atoms with Crippen molar-refractivity contribution in [2.75, 3.05) is 7.11 Å². The SMILES string of the molecule is COC(=O)C(O)c1ccc([N+](=O)[O-])c(C)c1. The highest BCUT2D eigenvalue weighted by molar-refractivity contribution is 5.76. The maximum atomic E-state index is 11.0. The van der Waals surface area contributed by atoms with E-state index in [0.717, 1.165) is 7.11 Å². The number of methoxy groups -OCH3 is 1. The fraction of sp³-hybridized carbons (Fsp3) is 0.300. The monoisotopic (exact) mass is 225 g/mol. The van der Waals surface area contributed by atoms with Gasteiger partial charge in [0.05, 0.1) is 12.0 Å². The first-order chi connectivity index (χ1) is 7.47. The van der Waals surface area contributed by atoms with Crippen molar-refractivity contribution < 1.29 is 19.6 Å². The molecule has 1 aromatic carbocycles. The number of carbonyl (C=O) groups is 1. The molecule has 0 bridgehead atoms. The molecule has 0 heterocycles. The van der Waals surface area contributed by atoms with Gasteiger partial charge in [0.15, 0.2) is 6.10 Å². The third-order valence-corrected chi connectivity index (χ3v) is 2.16. The van der Waals surface area contributed by atoms with E-state index in [2.05, 4.69) is 4.74 Å². The quantitative estimate of drug-likeness (QED) is 0.472. The molecule has 6 nitrogen and oxygen atoms in total. The number of rotatable bonds is 3. The van der Waals surface area contributed by atoms with Crippen LogP contribution in [0, 0.1) is 17.0 Å². The first-order valence-corrected chi connectivity index (χ1v) is 4.48. The van der Waals surface area contributed by atoms with Crippen molar-refractivity contribution in [3.63, 3.8) is 0 Å². The summed E-state index contributed by atoms with van der Waals surface area (Å²) in [5.41, 5.74) is 0.598. The van der Waals surface area contributed by atoms with E-state index in [0.29, 0.717) is 5.56 Å². The maximum absolute atomic E-state index is 11.0. The Bertz CT molecular complexity index is 429. The number of ether oxygens (including phenoxy) is 1. The minimum Gasteiger partial charge on any atom is -0.467 e. The van der Waals surface area contributed by atoms with Crippen molar-refractivity contribution in [3.05, 3.63) is 39.4 Å². The van der Waals surface area contributed by atoms with Gasteiger partial charge in [0.25, 0.3) is 5.69 Å². The molecule has 0 aliphatic rings. The highest BCUT2D eigenvalue weighted by atomic mass is 16.6. The normalized spacial score (nSPS) is 11.9. The standard InChI is InChI=1S/C10H11NO5/c1-6-5-7(9(12)10(13)16-2)3-4-8(6)11(14)15/h3-5,9,12H,1-2H3. The second-order valence-electron chi connectivity index (χ2n) is 3.23. The van der Waals surface area contributed by atoms with E-state index < -0.39 is 17.0 Å². The molecule has 1 aromatic rings. The first-order valence-electron chi connectivity index (χ1n) is 4.48. The van der Waals surface area contributed by atoms with Gasteiger partial charge in [-0.1, -0.05) is 0 Å². The minimum atomic E-state index is -1.41. The second-order valence-corrected chi connectivity index (χ2v) is 3.23. The van der Waals surface area contributed by atoms with Crippen LogP contribution in [0.25, 0.3) is 0 Å². The summed E-state index contributed by atoms with van der Waals surface area (Å²) in [7, 11) is 1.16. The van der Waals surface area contributed by atoms with Crippen LogP contribution in [0.15, 0.2) is 18.2 Å². The molecular formula is C10H11NO5. The van der Waals surface area contributed by atoms with Crippen molar-refractivity contribution >= 4 is 11.7 Å². The molecular weight excluding hydrogens is 214 g/mol. The topological polar surface area (TPSA) is 89.7 Å². The molecule has 86 valence electrons. The number of hydrogen-bond acceptors (Lipinski definition) is 5. The molecule has 0 amide bonds. The maximum Gasteiger partial charge on any atom is 0.339 e. The molecule has 0 spiro atoms. The van der Waals surface area contributed by atoms with Gasteiger partial charge in [-0.25, -0.2) is 4.79 Å². The molecule has 0 aliphatic heterocycles. The van der Waals surface area contributed by atoms with Crippen LogP contribution in [0.4, 0.5) is 5.69 Å². The lowest BCUT2D eigenvalue weighted by Crippen LogP contribution is -2.13. The van der Waals surface area contributed by atoms with E-state index in [4.69, 9.17) is 0 Å². The number of esters is 1. The number of nitrogens with zero attached hydrogens (tertiary/aromatic N) is 1. The molecule has 16 heavy (non-hydrogen) atoms. The molecule has 1 unspecified atom stereocenters. The van der Waals surface area contributed by atoms with E-state index in [1.807, 2.05) is 0 Å². The van der Waals surface area contributed by atoms with Crippen molar-refractivity contribution in [2.45, 2.75) is 13.0 Å². The Hall–Kier alpha value is -1.95. The zero-order valence-corrected chi connectivity index (χ0v) is 8.84. The molecule has 0 radical (unpaired) electrons. The summed E-state index contributed by atoms with van der Waals surface area (Å²) in [6, 6.07) is 3.96. The number of benzene rings is 1. The lowest BCUT2D eigenvalue weighted by Gasteiger charge is -2.09. The van der Waals surface area contributed by atoms with E-state index in [-0.39, 0.29) is 11.3 Å². The molecule has 0 saturated carbocycles. The summed E-state index contributed by atoms with van der Waals surface area (Å²) in [5.74, 6) is -0.798. The molecule has 6 heteroatoms. The molecule has 0 saturated heterocycles. The van der Waals surface area contributed by atoms with Crippen LogP contribution in [0.2, 0.25) is 0 Å². The van der Waals surface area contributed by atoms with Crippen LogP contribution in [0.5, 0.6) is 0 Å². The van der Waals surface area contributed by atoms with E-state index in [9.17, 15) is 20.0 Å². The average Bonchev–Trinajstić information content (AvgIpc) is 2.26. The van der Waals surface area contributed by atoms with Gasteiger partial charge in [-0.2, -0.15) is 0 Å². The van der Waals surface area contributed by atoms with Gasteiger partial charge in [0.2, 0.25) is 0 Å². The average molecular weight is 225 g/mol. The van der Waals surface area contributed by atoms with Crippen LogP contribution < -0.4 is 0 Å². The molecule has 0 aromatic heterocycles.